The number of fused-ring (bicyclic) bond motifs is 7. The van der Waals surface area contributed by atoms with E-state index in [2.05, 4.69) is 48.5 Å². The first-order valence-corrected chi connectivity index (χ1v) is 22.1. The quantitative estimate of drug-likeness (QED) is 0.219. The maximum absolute atomic E-state index is 14.4. The number of ether oxygens (including phenoxy) is 2. The van der Waals surface area contributed by atoms with Crippen molar-refractivity contribution in [2.45, 2.75) is 159 Å². The molecule has 0 spiro atoms. The van der Waals surface area contributed by atoms with Gasteiger partial charge in [0.1, 0.15) is 12.2 Å². The third-order valence-corrected chi connectivity index (χ3v) is 17.3. The number of allylic oxidation sites excluding steroid dienone is 1. The predicted molar refractivity (Wildman–Crippen MR) is 223 cm³/mol. The van der Waals surface area contributed by atoms with Gasteiger partial charge in [0.25, 0.3) is 0 Å². The van der Waals surface area contributed by atoms with Gasteiger partial charge in [-0.2, -0.15) is 0 Å². The molecule has 0 aromatic heterocycles. The van der Waals surface area contributed by atoms with Crippen molar-refractivity contribution in [2.24, 2.45) is 56.2 Å². The van der Waals surface area contributed by atoms with Crippen LogP contribution in [0.3, 0.4) is 0 Å². The number of benzene rings is 1. The molecule has 6 rings (SSSR count). The number of carbonyl (C=O) groups is 5. The van der Waals surface area contributed by atoms with Crippen LogP contribution >= 0.6 is 11.6 Å². The number of carboxylic acid groups (broad SMARTS) is 1. The fourth-order valence-corrected chi connectivity index (χ4v) is 14.0. The summed E-state index contributed by atoms with van der Waals surface area (Å²) in [5, 5.41) is 10.2. The van der Waals surface area contributed by atoms with Gasteiger partial charge in [0.05, 0.1) is 18.4 Å². The summed E-state index contributed by atoms with van der Waals surface area (Å²) >= 11 is 6.58. The molecule has 1 aromatic rings. The van der Waals surface area contributed by atoms with E-state index in [0.717, 1.165) is 56.1 Å². The van der Waals surface area contributed by atoms with Crippen LogP contribution in [0.5, 0.6) is 0 Å². The first-order chi connectivity index (χ1) is 26.9. The van der Waals surface area contributed by atoms with E-state index in [-0.39, 0.29) is 77.2 Å². The zero-order valence-corrected chi connectivity index (χ0v) is 37.6. The van der Waals surface area contributed by atoms with Crippen molar-refractivity contribution in [3.8, 4) is 0 Å². The van der Waals surface area contributed by atoms with E-state index < -0.39 is 34.8 Å². The number of rotatable bonds is 11. The molecule has 0 heterocycles. The molecule has 9 atom stereocenters. The maximum atomic E-state index is 14.4. The van der Waals surface area contributed by atoms with Crippen molar-refractivity contribution >= 4 is 41.2 Å². The average molecular weight is 823 g/mol. The molecule has 0 saturated heterocycles. The molecule has 1 N–H and O–H groups in total. The lowest BCUT2D eigenvalue weighted by Gasteiger charge is -2.72. The van der Waals surface area contributed by atoms with Crippen LogP contribution in [0.2, 0.25) is 5.02 Å². The molecule has 320 valence electrons. The molecule has 9 nitrogen and oxygen atoms in total. The number of esters is 2. The normalized spacial score (nSPS) is 34.6. The molecule has 10 heteroatoms. The minimum absolute atomic E-state index is 0.00428. The van der Waals surface area contributed by atoms with E-state index in [4.69, 9.17) is 21.1 Å². The maximum Gasteiger partial charge on any atom is 0.309 e. The predicted octanol–water partition coefficient (Wildman–Crippen LogP) is 10.0. The highest BCUT2D eigenvalue weighted by Gasteiger charge is 2.71. The first kappa shape index (κ1) is 44.4. The summed E-state index contributed by atoms with van der Waals surface area (Å²) in [5.74, 6) is -1.07. The van der Waals surface area contributed by atoms with Gasteiger partial charge < -0.3 is 19.5 Å². The van der Waals surface area contributed by atoms with Crippen molar-refractivity contribution in [3.63, 3.8) is 0 Å². The number of ketones is 1. The fraction of sp³-hybridized carbons (Fsp3) is 0.729. The first-order valence-electron chi connectivity index (χ1n) is 21.7. The van der Waals surface area contributed by atoms with E-state index in [1.807, 2.05) is 24.3 Å². The van der Waals surface area contributed by atoms with Crippen molar-refractivity contribution in [1.82, 2.24) is 4.90 Å². The summed E-state index contributed by atoms with van der Waals surface area (Å²) in [6.07, 6.45) is 6.25. The highest BCUT2D eigenvalue weighted by atomic mass is 35.5. The molecule has 0 unspecified atom stereocenters. The molecular formula is C48H68ClNO8. The number of hydrogen-bond donors (Lipinski definition) is 1. The Hall–Kier alpha value is -3.20. The van der Waals surface area contributed by atoms with Crippen LogP contribution in [-0.2, 0) is 40.0 Å². The number of carbonyl (C=O) groups excluding carboxylic acids is 4. The lowest BCUT2D eigenvalue weighted by atomic mass is 9.33. The SMILES string of the molecule is CC(=O)O[C@H](CN(Cc1ccccc1Cl)C(C)=O)[C@@]12CC[C@]3(C)[C@H](CC[C@@H]4[C@@]5(C)CC[C@H](OC(=O)CC(C)(C)C(=O)O)C(C)(C)[C@@H]5CC[C@]43C)C1=C(C(C)C)C(=O)C2. The average Bonchev–Trinajstić information content (AvgIpc) is 3.42. The third kappa shape index (κ3) is 7.15. The zero-order valence-electron chi connectivity index (χ0n) is 36.9. The monoisotopic (exact) mass is 821 g/mol. The molecule has 1 amide bonds. The molecule has 5 aliphatic rings. The summed E-state index contributed by atoms with van der Waals surface area (Å²) in [4.78, 5) is 67.5. The number of Topliss-reactive ketones (excluding diaryl/α,β-unsaturated/α-hetero) is 1. The molecule has 5 aliphatic carbocycles. The fourth-order valence-electron chi connectivity index (χ4n) is 13.8. The Bertz CT molecular complexity index is 1880. The van der Waals surface area contributed by atoms with E-state index >= 15 is 0 Å². The van der Waals surface area contributed by atoms with Crippen LogP contribution in [0.4, 0.5) is 0 Å². The van der Waals surface area contributed by atoms with Gasteiger partial charge in [-0.05, 0) is 128 Å². The second-order valence-electron chi connectivity index (χ2n) is 21.1. The lowest BCUT2D eigenvalue weighted by Crippen LogP contribution is -2.66. The van der Waals surface area contributed by atoms with Crippen LogP contribution in [-0.4, -0.2) is 58.4 Å². The molecular weight excluding hydrogens is 754 g/mol. The molecule has 4 fully saturated rings. The Labute approximate surface area is 351 Å². The molecule has 58 heavy (non-hydrogen) atoms. The Morgan fingerprint density at radius 3 is 2.19 bits per heavy atom. The summed E-state index contributed by atoms with van der Waals surface area (Å²) in [6, 6.07) is 7.47. The van der Waals surface area contributed by atoms with Gasteiger partial charge in [0.2, 0.25) is 5.91 Å². The van der Waals surface area contributed by atoms with Gasteiger partial charge in [-0.3, -0.25) is 24.0 Å². The number of aliphatic carboxylic acids is 1. The van der Waals surface area contributed by atoms with Gasteiger partial charge in [0.15, 0.2) is 5.78 Å². The van der Waals surface area contributed by atoms with Gasteiger partial charge >= 0.3 is 17.9 Å². The van der Waals surface area contributed by atoms with E-state index in [1.54, 1.807) is 18.7 Å². The summed E-state index contributed by atoms with van der Waals surface area (Å²) in [5.41, 5.74) is 0.474. The van der Waals surface area contributed by atoms with Crippen LogP contribution in [0.15, 0.2) is 35.4 Å². The Morgan fingerprint density at radius 2 is 1.59 bits per heavy atom. The molecule has 1 aromatic carbocycles. The number of halogens is 1. The van der Waals surface area contributed by atoms with Gasteiger partial charge in [-0.15, -0.1) is 0 Å². The van der Waals surface area contributed by atoms with Gasteiger partial charge in [0, 0.05) is 42.7 Å². The number of carboxylic acids is 1. The lowest BCUT2D eigenvalue weighted by molar-refractivity contribution is -0.235. The van der Waals surface area contributed by atoms with Crippen molar-refractivity contribution < 1.29 is 38.6 Å². The Balaban J connectivity index is 1.34. The number of nitrogens with zero attached hydrogens (tertiary/aromatic N) is 1. The van der Waals surface area contributed by atoms with Crippen molar-refractivity contribution in [1.29, 1.82) is 0 Å². The summed E-state index contributed by atoms with van der Waals surface area (Å²) < 4.78 is 12.5. The minimum Gasteiger partial charge on any atom is -0.481 e. The van der Waals surface area contributed by atoms with Crippen LogP contribution in [0.1, 0.15) is 146 Å². The highest BCUT2D eigenvalue weighted by molar-refractivity contribution is 6.31. The van der Waals surface area contributed by atoms with Crippen molar-refractivity contribution in [2.75, 3.05) is 6.54 Å². The van der Waals surface area contributed by atoms with E-state index in [0.29, 0.717) is 23.3 Å². The Kier molecular flexibility index (Phi) is 11.8. The summed E-state index contributed by atoms with van der Waals surface area (Å²) in [6.45, 7) is 22.7. The smallest absolute Gasteiger partial charge is 0.309 e. The molecule has 0 bridgehead atoms. The topological polar surface area (TPSA) is 127 Å². The van der Waals surface area contributed by atoms with E-state index in [9.17, 15) is 29.1 Å². The Morgan fingerprint density at radius 1 is 0.914 bits per heavy atom. The van der Waals surface area contributed by atoms with Crippen molar-refractivity contribution in [3.05, 3.63) is 46.0 Å². The zero-order chi connectivity index (χ0) is 43.0. The minimum atomic E-state index is -1.20. The molecule has 0 aliphatic heterocycles. The van der Waals surface area contributed by atoms with Crippen LogP contribution < -0.4 is 0 Å². The van der Waals surface area contributed by atoms with Gasteiger partial charge in [-0.25, -0.2) is 0 Å². The molecule has 4 saturated carbocycles. The summed E-state index contributed by atoms with van der Waals surface area (Å²) in [7, 11) is 0. The third-order valence-electron chi connectivity index (χ3n) is 16.9. The van der Waals surface area contributed by atoms with Gasteiger partial charge in [-0.1, -0.05) is 78.3 Å². The highest BCUT2D eigenvalue weighted by Crippen LogP contribution is 2.77. The van der Waals surface area contributed by atoms with Crippen LogP contribution in [0, 0.1) is 56.2 Å². The number of hydrogen-bond acceptors (Lipinski definition) is 7. The number of amides is 1. The molecule has 0 radical (unpaired) electrons. The van der Waals surface area contributed by atoms with E-state index in [1.165, 1.54) is 19.4 Å². The standard InChI is InChI=1S/C48H68ClNO8/c1-28(2)40-34(53)24-48(38(57-30(4)52)27-50(29(3)51)26-31-14-12-13-15-33(31)49)23-22-46(10)32(41(40)48)16-17-36-45(9)20-19-37(58-39(54)25-43(5,6)42(55)56)44(7,8)35(45)18-21-47(36,46)11/h12-15,28,32,35-38H,16-27H2,1-11H3,(H,55,56)/t32-,35+,36-,37+,38-,45+,46-,47-,48+/m1/s1. The van der Waals surface area contributed by atoms with Crippen LogP contribution in [0.25, 0.3) is 0 Å². The second kappa shape index (κ2) is 15.4. The largest absolute Gasteiger partial charge is 0.481 e. The second-order valence-corrected chi connectivity index (χ2v) is 21.6.